The average Bonchev–Trinajstić information content (AvgIpc) is 2.06. The SMILES string of the molecule is CO[Si](OC)OC.C[Si](C)O[SiH](C)C.[Y]. The number of hydrogen-bond acceptors (Lipinski definition) is 4. The summed E-state index contributed by atoms with van der Waals surface area (Å²) in [5.74, 6) is 0. The molecule has 0 aromatic rings. The van der Waals surface area contributed by atoms with E-state index < -0.39 is 18.6 Å². The molecule has 0 unspecified atom stereocenters. The molecule has 0 aliphatic carbocycles. The van der Waals surface area contributed by atoms with E-state index in [2.05, 4.69) is 26.2 Å². The molecule has 0 atom stereocenters. The minimum absolute atomic E-state index is 0. The van der Waals surface area contributed by atoms with Crippen molar-refractivity contribution in [1.29, 1.82) is 0 Å². The molecule has 0 aliphatic heterocycles. The van der Waals surface area contributed by atoms with Gasteiger partial charge in [0.1, 0.15) is 0 Å². The van der Waals surface area contributed by atoms with Crippen molar-refractivity contribution < 1.29 is 50.1 Å². The minimum Gasteiger partial charge on any atom is -0.458 e. The predicted octanol–water partition coefficient (Wildman–Crippen LogP) is 1.15. The van der Waals surface area contributed by atoms with Crippen molar-refractivity contribution in [1.82, 2.24) is 0 Å². The Balaban J connectivity index is -0.000000180. The van der Waals surface area contributed by atoms with Crippen LogP contribution in [0.15, 0.2) is 0 Å². The second kappa shape index (κ2) is 15.6. The number of rotatable bonds is 5. The summed E-state index contributed by atoms with van der Waals surface area (Å²) in [4.78, 5) is 0. The van der Waals surface area contributed by atoms with Crippen LogP contribution in [-0.4, -0.2) is 48.9 Å². The molecule has 0 N–H and O–H groups in total. The fourth-order valence-corrected chi connectivity index (χ4v) is 4.99. The number of hydrogen-bond donors (Lipinski definition) is 0. The molecule has 0 heterocycles. The van der Waals surface area contributed by atoms with E-state index in [-0.39, 0.29) is 41.7 Å². The van der Waals surface area contributed by atoms with Crippen molar-refractivity contribution in [3.8, 4) is 0 Å². The van der Waals surface area contributed by atoms with Gasteiger partial charge in [-0.1, -0.05) is 0 Å². The quantitative estimate of drug-likeness (QED) is 0.702. The van der Waals surface area contributed by atoms with Crippen molar-refractivity contribution in [2.45, 2.75) is 26.2 Å². The summed E-state index contributed by atoms with van der Waals surface area (Å²) in [6.07, 6.45) is 0. The Morgan fingerprint density at radius 3 is 1.20 bits per heavy atom. The zero-order chi connectivity index (χ0) is 11.6. The van der Waals surface area contributed by atoms with Crippen LogP contribution in [0.5, 0.6) is 0 Å². The van der Waals surface area contributed by atoms with Crippen molar-refractivity contribution >= 4 is 27.6 Å². The molecule has 3 radical (unpaired) electrons. The summed E-state index contributed by atoms with van der Waals surface area (Å²) in [6, 6.07) is 0. The average molecular weight is 343 g/mol. The molecule has 4 nitrogen and oxygen atoms in total. The fraction of sp³-hybridized carbons (Fsp3) is 1.00. The van der Waals surface area contributed by atoms with E-state index in [1.54, 1.807) is 21.3 Å². The summed E-state index contributed by atoms with van der Waals surface area (Å²) < 4.78 is 19.6. The molecule has 15 heavy (non-hydrogen) atoms. The van der Waals surface area contributed by atoms with E-state index in [1.165, 1.54) is 0 Å². The molecule has 0 amide bonds. The fourth-order valence-electron chi connectivity index (χ4n) is 0.721. The molecule has 0 spiro atoms. The van der Waals surface area contributed by atoms with E-state index in [4.69, 9.17) is 17.4 Å². The van der Waals surface area contributed by atoms with E-state index in [9.17, 15) is 0 Å². The first-order chi connectivity index (χ1) is 6.47. The Kier molecular flexibility index (Phi) is 22.7. The standard InChI is InChI=1S/C4H13OSi2.C3H9O3Si.Y/c1-6(2)5-7(3)4;1-4-7(5-2)6-3;/h6H,1-4H3;1-3H3;. The third-order valence-electron chi connectivity index (χ3n) is 0.971. The Morgan fingerprint density at radius 2 is 1.20 bits per heavy atom. The van der Waals surface area contributed by atoms with Gasteiger partial charge in [0, 0.05) is 54.0 Å². The second-order valence-electron chi connectivity index (χ2n) is 2.94. The molecule has 0 aromatic heterocycles. The molecule has 0 saturated carbocycles. The van der Waals surface area contributed by atoms with E-state index in [0.717, 1.165) is 0 Å². The Hall–Kier alpha value is 1.59. The normalized spacial score (nSPS) is 10.0. The third kappa shape index (κ3) is 21.4. The monoisotopic (exact) mass is 343 g/mol. The first-order valence-electron chi connectivity index (χ1n) is 4.43. The van der Waals surface area contributed by atoms with Crippen molar-refractivity contribution in [3.63, 3.8) is 0 Å². The molecule has 0 bridgehead atoms. The zero-order valence-corrected chi connectivity index (χ0v) is 16.8. The summed E-state index contributed by atoms with van der Waals surface area (Å²) >= 11 is 0. The summed E-state index contributed by atoms with van der Waals surface area (Å²) in [6.45, 7) is 8.77. The van der Waals surface area contributed by atoms with Crippen LogP contribution in [-0.2, 0) is 50.1 Å². The molecule has 8 heteroatoms. The van der Waals surface area contributed by atoms with E-state index >= 15 is 0 Å². The Bertz CT molecular complexity index is 103. The Labute approximate surface area is 124 Å². The largest absolute Gasteiger partial charge is 0.576 e. The van der Waals surface area contributed by atoms with Gasteiger partial charge in [-0.05, 0) is 26.2 Å². The molecule has 0 aliphatic rings. The first kappa shape index (κ1) is 21.8. The Morgan fingerprint density at radius 1 is 0.867 bits per heavy atom. The van der Waals surface area contributed by atoms with E-state index in [0.29, 0.717) is 0 Å². The third-order valence-corrected chi connectivity index (χ3v) is 5.74. The van der Waals surface area contributed by atoms with Gasteiger partial charge in [0.2, 0.25) is 0 Å². The van der Waals surface area contributed by atoms with Crippen LogP contribution in [0.25, 0.3) is 0 Å². The molecule has 89 valence electrons. The van der Waals surface area contributed by atoms with Gasteiger partial charge in [-0.3, -0.25) is 0 Å². The molecule has 0 fully saturated rings. The van der Waals surface area contributed by atoms with Crippen LogP contribution in [0, 0.1) is 0 Å². The van der Waals surface area contributed by atoms with E-state index in [1.807, 2.05) is 0 Å². The van der Waals surface area contributed by atoms with Crippen LogP contribution < -0.4 is 0 Å². The van der Waals surface area contributed by atoms with Gasteiger partial charge < -0.3 is 17.4 Å². The van der Waals surface area contributed by atoms with Gasteiger partial charge >= 0.3 is 9.53 Å². The van der Waals surface area contributed by atoms with Crippen LogP contribution in [0.2, 0.25) is 26.2 Å². The van der Waals surface area contributed by atoms with Crippen molar-refractivity contribution in [2.24, 2.45) is 0 Å². The molecular formula is C7H22O4Si3Y. The smallest absolute Gasteiger partial charge is 0.458 e. The van der Waals surface area contributed by atoms with Gasteiger partial charge in [-0.25, -0.2) is 0 Å². The van der Waals surface area contributed by atoms with Crippen LogP contribution >= 0.6 is 0 Å². The summed E-state index contributed by atoms with van der Waals surface area (Å²) in [5.41, 5.74) is 0. The van der Waals surface area contributed by atoms with Gasteiger partial charge in [-0.15, -0.1) is 0 Å². The minimum atomic E-state index is -1.36. The van der Waals surface area contributed by atoms with Gasteiger partial charge in [0.25, 0.3) is 0 Å². The second-order valence-corrected chi connectivity index (χ2v) is 9.52. The topological polar surface area (TPSA) is 36.9 Å². The van der Waals surface area contributed by atoms with Gasteiger partial charge in [0.15, 0.2) is 18.1 Å². The van der Waals surface area contributed by atoms with Gasteiger partial charge in [-0.2, -0.15) is 0 Å². The van der Waals surface area contributed by atoms with Crippen molar-refractivity contribution in [2.75, 3.05) is 21.3 Å². The van der Waals surface area contributed by atoms with Crippen molar-refractivity contribution in [3.05, 3.63) is 0 Å². The molecule has 0 saturated heterocycles. The zero-order valence-electron chi connectivity index (χ0n) is 10.8. The maximum atomic E-state index is 5.49. The molecule has 0 rings (SSSR count). The van der Waals surface area contributed by atoms with Crippen LogP contribution in [0.3, 0.4) is 0 Å². The first-order valence-corrected chi connectivity index (χ1v) is 10.8. The predicted molar refractivity (Wildman–Crippen MR) is 64.2 cm³/mol. The summed E-state index contributed by atoms with van der Waals surface area (Å²) in [7, 11) is 2.25. The van der Waals surface area contributed by atoms with Crippen LogP contribution in [0.1, 0.15) is 0 Å². The molecular weight excluding hydrogens is 321 g/mol. The maximum absolute atomic E-state index is 5.49. The van der Waals surface area contributed by atoms with Gasteiger partial charge in [0.05, 0.1) is 0 Å². The molecule has 0 aromatic carbocycles. The summed E-state index contributed by atoms with van der Waals surface area (Å²) in [5, 5.41) is 0. The maximum Gasteiger partial charge on any atom is 0.576 e. The van der Waals surface area contributed by atoms with Crippen LogP contribution in [0.4, 0.5) is 0 Å².